The van der Waals surface area contributed by atoms with Crippen LogP contribution in [-0.4, -0.2) is 37.2 Å². The summed E-state index contributed by atoms with van der Waals surface area (Å²) in [5.41, 5.74) is 8.06. The molecule has 2 aromatic rings. The van der Waals surface area contributed by atoms with Gasteiger partial charge in [-0.1, -0.05) is 30.3 Å². The normalized spacial score (nSPS) is 11.1. The number of aromatic nitrogens is 1. The van der Waals surface area contributed by atoms with Gasteiger partial charge in [-0.15, -0.1) is 35.3 Å². The van der Waals surface area contributed by atoms with Gasteiger partial charge in [0.25, 0.3) is 0 Å². The van der Waals surface area contributed by atoms with E-state index >= 15 is 0 Å². The Morgan fingerprint density at radius 1 is 1.33 bits per heavy atom. The van der Waals surface area contributed by atoms with Crippen molar-refractivity contribution in [3.63, 3.8) is 0 Å². The predicted octanol–water partition coefficient (Wildman–Crippen LogP) is 3.30. The molecule has 0 atom stereocenters. The van der Waals surface area contributed by atoms with E-state index in [0.717, 1.165) is 48.9 Å². The van der Waals surface area contributed by atoms with Gasteiger partial charge >= 0.3 is 0 Å². The minimum Gasteiger partial charge on any atom is -0.382 e. The highest BCUT2D eigenvalue weighted by Gasteiger charge is 2.04. The molecule has 0 aliphatic carbocycles. The number of guanidine groups is 1. The molecule has 1 heterocycles. The summed E-state index contributed by atoms with van der Waals surface area (Å²) < 4.78 is 5.26. The summed E-state index contributed by atoms with van der Waals surface area (Å²) in [6.07, 6.45) is 1.72. The van der Waals surface area contributed by atoms with Crippen molar-refractivity contribution in [2.24, 2.45) is 10.7 Å². The Balaban J connectivity index is 0.00000288. The molecule has 0 bridgehead atoms. The van der Waals surface area contributed by atoms with E-state index < -0.39 is 0 Å². The fourth-order valence-corrected chi connectivity index (χ4v) is 2.88. The number of ether oxygens (including phenoxy) is 1. The highest BCUT2D eigenvalue weighted by atomic mass is 127. The minimum absolute atomic E-state index is 0. The van der Waals surface area contributed by atoms with Crippen LogP contribution in [0.2, 0.25) is 0 Å². The highest BCUT2D eigenvalue weighted by Crippen LogP contribution is 2.23. The quantitative estimate of drug-likeness (QED) is 0.261. The van der Waals surface area contributed by atoms with Crippen molar-refractivity contribution in [3.05, 3.63) is 41.4 Å². The second-order valence-corrected chi connectivity index (χ2v) is 5.86. The van der Waals surface area contributed by atoms with E-state index in [1.165, 1.54) is 0 Å². The van der Waals surface area contributed by atoms with Crippen molar-refractivity contribution in [2.45, 2.75) is 19.8 Å². The molecule has 3 N–H and O–H groups in total. The molecule has 2 rings (SSSR count). The van der Waals surface area contributed by atoms with Gasteiger partial charge in [0.2, 0.25) is 0 Å². The smallest absolute Gasteiger partial charge is 0.188 e. The second-order valence-electron chi connectivity index (χ2n) is 5.00. The average Bonchev–Trinajstić information content (AvgIpc) is 3.04. The number of hydrogen-bond donors (Lipinski definition) is 2. The molecule has 5 nitrogen and oxygen atoms in total. The Morgan fingerprint density at radius 3 is 2.88 bits per heavy atom. The molecule has 0 saturated heterocycles. The number of rotatable bonds is 9. The Kier molecular flexibility index (Phi) is 10.6. The molecule has 0 amide bonds. The van der Waals surface area contributed by atoms with E-state index in [4.69, 9.17) is 10.5 Å². The number of nitrogens with two attached hydrogens (primary N) is 1. The number of thiazole rings is 1. The van der Waals surface area contributed by atoms with Crippen LogP contribution >= 0.6 is 35.3 Å². The maximum Gasteiger partial charge on any atom is 0.188 e. The minimum atomic E-state index is 0. The summed E-state index contributed by atoms with van der Waals surface area (Å²) in [6.45, 7) is 4.89. The van der Waals surface area contributed by atoms with Gasteiger partial charge < -0.3 is 15.8 Å². The first-order valence-corrected chi connectivity index (χ1v) is 8.79. The number of nitrogens with one attached hydrogen (secondary N) is 1. The molecule has 0 aliphatic rings. The maximum atomic E-state index is 5.83. The Morgan fingerprint density at radius 2 is 2.12 bits per heavy atom. The molecule has 132 valence electrons. The van der Waals surface area contributed by atoms with Crippen molar-refractivity contribution >= 4 is 41.3 Å². The summed E-state index contributed by atoms with van der Waals surface area (Å²) in [7, 11) is 0. The first-order valence-electron chi connectivity index (χ1n) is 7.91. The molecule has 1 aromatic carbocycles. The third-order valence-electron chi connectivity index (χ3n) is 3.19. The summed E-state index contributed by atoms with van der Waals surface area (Å²) in [6, 6.07) is 10.2. The lowest BCUT2D eigenvalue weighted by Crippen LogP contribution is -2.33. The summed E-state index contributed by atoms with van der Waals surface area (Å²) in [5, 5.41) is 6.27. The fourth-order valence-electron chi connectivity index (χ4n) is 2.02. The van der Waals surface area contributed by atoms with Crippen LogP contribution in [0.5, 0.6) is 0 Å². The monoisotopic (exact) mass is 460 g/mol. The fraction of sp³-hybridized carbons (Fsp3) is 0.412. The van der Waals surface area contributed by atoms with Crippen LogP contribution in [0.3, 0.4) is 0 Å². The van der Waals surface area contributed by atoms with Crippen molar-refractivity contribution in [1.29, 1.82) is 0 Å². The Hall–Kier alpha value is -1.19. The van der Waals surface area contributed by atoms with Gasteiger partial charge in [-0.25, -0.2) is 4.98 Å². The lowest BCUT2D eigenvalue weighted by molar-refractivity contribution is 0.146. The molecule has 1 aromatic heterocycles. The lowest BCUT2D eigenvalue weighted by Gasteiger charge is -2.04. The Labute approximate surface area is 164 Å². The Bertz CT molecular complexity index is 604. The molecule has 0 saturated carbocycles. The number of aliphatic imine (C=N–C) groups is 1. The summed E-state index contributed by atoms with van der Waals surface area (Å²) in [4.78, 5) is 8.92. The highest BCUT2D eigenvalue weighted by molar-refractivity contribution is 14.0. The number of halogens is 1. The van der Waals surface area contributed by atoms with Crippen molar-refractivity contribution in [1.82, 2.24) is 10.3 Å². The first-order chi connectivity index (χ1) is 11.3. The molecule has 0 unspecified atom stereocenters. The zero-order valence-corrected chi connectivity index (χ0v) is 17.1. The predicted molar refractivity (Wildman–Crippen MR) is 112 cm³/mol. The molecule has 0 spiro atoms. The van der Waals surface area contributed by atoms with Crippen molar-refractivity contribution in [3.8, 4) is 10.6 Å². The average molecular weight is 460 g/mol. The lowest BCUT2D eigenvalue weighted by atomic mass is 10.2. The van der Waals surface area contributed by atoms with Crippen molar-refractivity contribution in [2.75, 3.05) is 26.3 Å². The third kappa shape index (κ3) is 7.59. The van der Waals surface area contributed by atoms with Crippen LogP contribution in [-0.2, 0) is 11.2 Å². The molecule has 0 fully saturated rings. The van der Waals surface area contributed by atoms with Gasteiger partial charge in [0.1, 0.15) is 5.01 Å². The van der Waals surface area contributed by atoms with E-state index in [2.05, 4.69) is 32.8 Å². The molecule has 7 heteroatoms. The molecular formula is C17H25IN4OS. The summed E-state index contributed by atoms with van der Waals surface area (Å²) >= 11 is 1.67. The van der Waals surface area contributed by atoms with Crippen LogP contribution in [0.15, 0.2) is 40.7 Å². The molecule has 0 radical (unpaired) electrons. The maximum absolute atomic E-state index is 5.83. The molecule has 24 heavy (non-hydrogen) atoms. The van der Waals surface area contributed by atoms with Gasteiger partial charge in [-0.3, -0.25) is 4.99 Å². The largest absolute Gasteiger partial charge is 0.382 e. The van der Waals surface area contributed by atoms with Gasteiger partial charge in [0, 0.05) is 43.7 Å². The van der Waals surface area contributed by atoms with Crippen molar-refractivity contribution < 1.29 is 4.74 Å². The van der Waals surface area contributed by atoms with Gasteiger partial charge in [-0.2, -0.15) is 0 Å². The topological polar surface area (TPSA) is 72.5 Å². The van der Waals surface area contributed by atoms with E-state index in [9.17, 15) is 0 Å². The van der Waals surface area contributed by atoms with Crippen LogP contribution in [0, 0.1) is 0 Å². The summed E-state index contributed by atoms with van der Waals surface area (Å²) in [5.74, 6) is 0.486. The van der Waals surface area contributed by atoms with Gasteiger partial charge in [-0.05, 0) is 13.3 Å². The number of hydrogen-bond acceptors (Lipinski definition) is 4. The molecule has 0 aliphatic heterocycles. The molecular weight excluding hydrogens is 435 g/mol. The van der Waals surface area contributed by atoms with E-state index in [0.29, 0.717) is 12.5 Å². The SMILES string of the molecule is CCOCCCN=C(N)NCCc1csc(-c2ccccc2)n1.I. The zero-order chi connectivity index (χ0) is 16.3. The number of benzene rings is 1. The van der Waals surface area contributed by atoms with Crippen LogP contribution in [0.1, 0.15) is 19.0 Å². The van der Waals surface area contributed by atoms with E-state index in [1.807, 2.05) is 25.1 Å². The third-order valence-corrected chi connectivity index (χ3v) is 4.13. The van der Waals surface area contributed by atoms with Gasteiger partial charge in [0.15, 0.2) is 5.96 Å². The first kappa shape index (κ1) is 20.9. The second kappa shape index (κ2) is 12.2. The number of nitrogens with zero attached hydrogens (tertiary/aromatic N) is 2. The van der Waals surface area contributed by atoms with E-state index in [-0.39, 0.29) is 24.0 Å². The van der Waals surface area contributed by atoms with Crippen LogP contribution in [0.4, 0.5) is 0 Å². The van der Waals surface area contributed by atoms with Crippen LogP contribution < -0.4 is 11.1 Å². The van der Waals surface area contributed by atoms with Gasteiger partial charge in [0.05, 0.1) is 5.69 Å². The zero-order valence-electron chi connectivity index (χ0n) is 13.9. The van der Waals surface area contributed by atoms with E-state index in [1.54, 1.807) is 11.3 Å². The van der Waals surface area contributed by atoms with Crippen LogP contribution in [0.25, 0.3) is 10.6 Å². The standard InChI is InChI=1S/C17H24N4OS.HI/c1-2-22-12-6-10-19-17(18)20-11-9-15-13-23-16(21-15)14-7-4-3-5-8-14;/h3-5,7-8,13H,2,6,9-12H2,1H3,(H3,18,19,20);1H.